The molecule has 0 bridgehead atoms. The van der Waals surface area contributed by atoms with Crippen molar-refractivity contribution in [2.45, 2.75) is 44.8 Å². The highest BCUT2D eigenvalue weighted by Gasteiger charge is 2.64. The Morgan fingerprint density at radius 1 is 1.10 bits per heavy atom. The van der Waals surface area contributed by atoms with E-state index >= 15 is 0 Å². The van der Waals surface area contributed by atoms with Crippen LogP contribution in [0.1, 0.15) is 6.92 Å². The Bertz CT molecular complexity index is 556. The van der Waals surface area contributed by atoms with E-state index < -0.39 is 22.5 Å². The second kappa shape index (κ2) is 5.19. The van der Waals surface area contributed by atoms with Crippen LogP contribution in [0.15, 0.2) is 55.3 Å². The van der Waals surface area contributed by atoms with Gasteiger partial charge in [0.05, 0.1) is 20.3 Å². The molecule has 1 heterocycles. The van der Waals surface area contributed by atoms with Crippen LogP contribution >= 0.6 is 0 Å². The summed E-state index contributed by atoms with van der Waals surface area (Å²) < 4.78 is 6.88. The molecule has 1 aliphatic rings. The molecule has 21 heavy (non-hydrogen) atoms. The van der Waals surface area contributed by atoms with Gasteiger partial charge in [0, 0.05) is 0 Å². The van der Waals surface area contributed by atoms with Gasteiger partial charge in [-0.25, -0.2) is 0 Å². The van der Waals surface area contributed by atoms with Crippen LogP contribution < -0.4 is 5.19 Å². The molecule has 0 aromatic heterocycles. The monoisotopic (exact) mass is 332 g/mol. The summed E-state index contributed by atoms with van der Waals surface area (Å²) >= 11 is 0. The topological polar surface area (TPSA) is 9.23 Å². The lowest BCUT2D eigenvalue weighted by molar-refractivity contribution is 0.157. The van der Waals surface area contributed by atoms with Gasteiger partial charge in [-0.15, -0.1) is 18.9 Å². The van der Waals surface area contributed by atoms with E-state index in [2.05, 4.69) is 82.3 Å². The van der Waals surface area contributed by atoms with E-state index in [1.807, 2.05) is 6.08 Å². The van der Waals surface area contributed by atoms with E-state index in [1.54, 1.807) is 0 Å². The first-order valence-corrected chi connectivity index (χ1v) is 17.9. The molecule has 1 fully saturated rings. The largest absolute Gasteiger partial charge is 0.407 e. The highest BCUT2D eigenvalue weighted by Crippen LogP contribution is 2.44. The maximum atomic E-state index is 6.88. The van der Waals surface area contributed by atoms with E-state index in [0.717, 1.165) is 6.04 Å². The van der Waals surface area contributed by atoms with Gasteiger partial charge in [-0.05, 0) is 24.7 Å². The van der Waals surface area contributed by atoms with Crippen molar-refractivity contribution in [3.05, 3.63) is 55.3 Å². The zero-order valence-corrected chi connectivity index (χ0v) is 17.1. The smallest absolute Gasteiger partial charge is 0.205 e. The number of rotatable bonds is 3. The van der Waals surface area contributed by atoms with Gasteiger partial charge in [0.2, 0.25) is 7.83 Å². The number of hydrogen-bond acceptors (Lipinski definition) is 1. The quantitative estimate of drug-likeness (QED) is 0.598. The van der Waals surface area contributed by atoms with E-state index in [-0.39, 0.29) is 5.60 Å². The van der Waals surface area contributed by atoms with Crippen LogP contribution in [0.5, 0.6) is 0 Å². The third-order valence-corrected chi connectivity index (χ3v) is 43.3. The molecule has 4 heteroatoms. The van der Waals surface area contributed by atoms with Gasteiger partial charge in [0.15, 0.2) is 0 Å². The van der Waals surface area contributed by atoms with Crippen molar-refractivity contribution in [1.82, 2.24) is 0 Å². The van der Waals surface area contributed by atoms with E-state index in [0.29, 0.717) is 0 Å². The lowest BCUT2D eigenvalue weighted by Crippen LogP contribution is -2.83. The SMILES string of the molecule is C=CC1(C)C[Si](C)(C=C)[Si](C)(C)[Si](C)(c2ccccc2)O1. The van der Waals surface area contributed by atoms with E-state index in [4.69, 9.17) is 4.43 Å². The zero-order valence-electron chi connectivity index (χ0n) is 14.1. The third-order valence-electron chi connectivity index (χ3n) is 5.98. The molecule has 0 spiro atoms. The summed E-state index contributed by atoms with van der Waals surface area (Å²) in [6.45, 7) is 20.6. The van der Waals surface area contributed by atoms with Gasteiger partial charge in [-0.3, -0.25) is 0 Å². The van der Waals surface area contributed by atoms with Gasteiger partial charge < -0.3 is 4.43 Å². The standard InChI is InChI=1S/C17H28OSi3/c1-8-17(3)15-20(6,9-2)19(4,5)21(7,18-17)16-13-11-10-12-14-16/h8-14H,1-2,15H2,3-7H3. The van der Waals surface area contributed by atoms with Crippen LogP contribution in [-0.4, -0.2) is 28.1 Å². The first-order valence-electron chi connectivity index (χ1n) is 7.67. The van der Waals surface area contributed by atoms with Crippen molar-refractivity contribution in [3.63, 3.8) is 0 Å². The molecule has 1 saturated heterocycles. The van der Waals surface area contributed by atoms with Crippen molar-refractivity contribution in [2.75, 3.05) is 0 Å². The molecule has 0 N–H and O–H groups in total. The lowest BCUT2D eigenvalue weighted by Gasteiger charge is -2.59. The van der Waals surface area contributed by atoms with Gasteiger partial charge >= 0.3 is 0 Å². The summed E-state index contributed by atoms with van der Waals surface area (Å²) in [6.07, 6.45) is 2.03. The zero-order chi connectivity index (χ0) is 15.9. The first kappa shape index (κ1) is 16.7. The highest BCUT2D eigenvalue weighted by atomic mass is 29.6. The Balaban J connectivity index is 2.67. The normalized spacial score (nSPS) is 38.7. The Hall–Kier alpha value is -0.689. The van der Waals surface area contributed by atoms with Crippen molar-refractivity contribution in [2.24, 2.45) is 0 Å². The highest BCUT2D eigenvalue weighted by molar-refractivity contribution is 7.71. The minimum absolute atomic E-state index is 0.200. The fraction of sp³-hybridized carbons (Fsp3) is 0.412. The minimum atomic E-state index is -1.99. The van der Waals surface area contributed by atoms with Crippen molar-refractivity contribution < 1.29 is 4.43 Å². The Labute approximate surface area is 132 Å². The maximum Gasteiger partial charge on any atom is 0.205 e. The number of hydrogen-bond donors (Lipinski definition) is 0. The van der Waals surface area contributed by atoms with Gasteiger partial charge in [0.25, 0.3) is 0 Å². The number of benzene rings is 1. The Morgan fingerprint density at radius 3 is 2.14 bits per heavy atom. The molecule has 114 valence electrons. The van der Waals surface area contributed by atoms with Crippen LogP contribution in [0.2, 0.25) is 32.2 Å². The molecule has 0 radical (unpaired) electrons. The second-order valence-corrected chi connectivity index (χ2v) is 32.4. The maximum absolute atomic E-state index is 6.88. The third kappa shape index (κ3) is 2.38. The molecule has 1 aromatic carbocycles. The van der Waals surface area contributed by atoms with Crippen LogP contribution in [0, 0.1) is 0 Å². The summed E-state index contributed by atoms with van der Waals surface area (Å²) in [5.74, 6) is 0. The molecule has 0 aliphatic carbocycles. The van der Waals surface area contributed by atoms with Crippen LogP contribution in [0.4, 0.5) is 0 Å². The molecule has 1 nitrogen and oxygen atoms in total. The molecule has 0 saturated carbocycles. The predicted molar refractivity (Wildman–Crippen MR) is 101 cm³/mol. The molecule has 2 rings (SSSR count). The fourth-order valence-corrected chi connectivity index (χ4v) is 35.3. The summed E-state index contributed by atoms with van der Waals surface area (Å²) in [4.78, 5) is 0. The van der Waals surface area contributed by atoms with Gasteiger partial charge in [0.1, 0.15) is 0 Å². The summed E-state index contributed by atoms with van der Waals surface area (Å²) in [7, 11) is -5.09. The van der Waals surface area contributed by atoms with Crippen molar-refractivity contribution in [3.8, 4) is 0 Å². The average molecular weight is 333 g/mol. The molecule has 1 aliphatic heterocycles. The summed E-state index contributed by atoms with van der Waals surface area (Å²) in [5.41, 5.74) is 2.13. The van der Waals surface area contributed by atoms with E-state index in [9.17, 15) is 0 Å². The van der Waals surface area contributed by atoms with Crippen LogP contribution in [0.3, 0.4) is 0 Å². The molecule has 3 atom stereocenters. The molecular weight excluding hydrogens is 304 g/mol. The van der Waals surface area contributed by atoms with E-state index in [1.165, 1.54) is 5.19 Å². The van der Waals surface area contributed by atoms with Gasteiger partial charge in [-0.2, -0.15) is 0 Å². The summed E-state index contributed by atoms with van der Waals surface area (Å²) in [6, 6.07) is 12.1. The second-order valence-electron chi connectivity index (χ2n) is 7.44. The first-order chi connectivity index (χ1) is 9.64. The Kier molecular flexibility index (Phi) is 4.12. The minimum Gasteiger partial charge on any atom is -0.407 e. The molecule has 1 aromatic rings. The van der Waals surface area contributed by atoms with Crippen molar-refractivity contribution >= 4 is 27.7 Å². The van der Waals surface area contributed by atoms with Gasteiger partial charge in [-0.1, -0.05) is 56.0 Å². The average Bonchev–Trinajstić information content (AvgIpc) is 2.46. The summed E-state index contributed by atoms with van der Waals surface area (Å²) in [5, 5.41) is 1.44. The predicted octanol–water partition coefficient (Wildman–Crippen LogP) is 4.11. The molecule has 0 amide bonds. The Morgan fingerprint density at radius 2 is 1.67 bits per heavy atom. The fourth-order valence-electron chi connectivity index (χ4n) is 3.74. The lowest BCUT2D eigenvalue weighted by atomic mass is 10.1. The van der Waals surface area contributed by atoms with Crippen LogP contribution in [-0.2, 0) is 4.43 Å². The molecular formula is C17H28OSi3. The van der Waals surface area contributed by atoms with Crippen LogP contribution in [0.25, 0.3) is 0 Å². The van der Waals surface area contributed by atoms with Crippen molar-refractivity contribution in [1.29, 1.82) is 0 Å². The molecule has 3 unspecified atom stereocenters.